The van der Waals surface area contributed by atoms with Crippen LogP contribution in [0, 0.1) is 17.0 Å². The first kappa shape index (κ1) is 22.3. The van der Waals surface area contributed by atoms with Crippen LogP contribution in [-0.2, 0) is 16.6 Å². The Bertz CT molecular complexity index is 1230. The van der Waals surface area contributed by atoms with Gasteiger partial charge in [-0.05, 0) is 55.0 Å². The summed E-state index contributed by atoms with van der Waals surface area (Å²) in [7, 11) is -3.95. The van der Waals surface area contributed by atoms with Crippen LogP contribution < -0.4 is 9.57 Å². The minimum Gasteiger partial charge on any atom is -0.489 e. The van der Waals surface area contributed by atoms with Crippen molar-refractivity contribution in [3.05, 3.63) is 98.6 Å². The normalized spacial score (nSPS) is 11.4. The number of nitro groups is 1. The average molecular weight is 460 g/mol. The van der Waals surface area contributed by atoms with E-state index in [9.17, 15) is 18.5 Å². The fourth-order valence-electron chi connectivity index (χ4n) is 2.65. The summed E-state index contributed by atoms with van der Waals surface area (Å²) < 4.78 is 30.4. The molecule has 0 aliphatic heterocycles. The van der Waals surface area contributed by atoms with E-state index in [0.29, 0.717) is 22.9 Å². The van der Waals surface area contributed by atoms with E-state index in [1.54, 1.807) is 30.3 Å². The van der Waals surface area contributed by atoms with Gasteiger partial charge in [-0.15, -0.1) is 0 Å². The third-order valence-corrected chi connectivity index (χ3v) is 5.88. The van der Waals surface area contributed by atoms with Gasteiger partial charge in [0.1, 0.15) is 12.4 Å². The quantitative estimate of drug-likeness (QED) is 0.304. The summed E-state index contributed by atoms with van der Waals surface area (Å²) in [6.45, 7) is 1.79. The maximum atomic E-state index is 12.3. The number of benzene rings is 3. The van der Waals surface area contributed by atoms with Crippen molar-refractivity contribution in [2.24, 2.45) is 5.10 Å². The van der Waals surface area contributed by atoms with Crippen LogP contribution in [0.1, 0.15) is 16.7 Å². The smallest absolute Gasteiger partial charge is 0.276 e. The van der Waals surface area contributed by atoms with Crippen molar-refractivity contribution in [1.29, 1.82) is 0 Å². The lowest BCUT2D eigenvalue weighted by Gasteiger charge is -2.08. The number of rotatable bonds is 8. The number of sulfonamides is 1. The fraction of sp³-hybridized carbons (Fsp3) is 0.0952. The second-order valence-electron chi connectivity index (χ2n) is 6.51. The highest BCUT2D eigenvalue weighted by Crippen LogP contribution is 2.21. The monoisotopic (exact) mass is 459 g/mol. The van der Waals surface area contributed by atoms with E-state index in [1.165, 1.54) is 19.2 Å². The Morgan fingerprint density at radius 1 is 1.13 bits per heavy atom. The molecule has 0 aromatic heterocycles. The van der Waals surface area contributed by atoms with E-state index in [1.807, 2.05) is 18.2 Å². The number of hydrogen-bond acceptors (Lipinski definition) is 6. The lowest BCUT2D eigenvalue weighted by molar-refractivity contribution is -0.385. The first-order valence-electron chi connectivity index (χ1n) is 9.02. The molecule has 0 fully saturated rings. The van der Waals surface area contributed by atoms with Crippen molar-refractivity contribution in [3.63, 3.8) is 0 Å². The third kappa shape index (κ3) is 5.80. The Hall–Kier alpha value is -3.43. The van der Waals surface area contributed by atoms with Crippen LogP contribution in [0.5, 0.6) is 5.75 Å². The third-order valence-electron chi connectivity index (χ3n) is 4.29. The van der Waals surface area contributed by atoms with Gasteiger partial charge in [-0.3, -0.25) is 10.1 Å². The van der Waals surface area contributed by atoms with Crippen molar-refractivity contribution < 1.29 is 18.1 Å². The number of nitro benzene ring substituents is 1. The van der Waals surface area contributed by atoms with Gasteiger partial charge in [-0.2, -0.15) is 13.5 Å². The highest BCUT2D eigenvalue weighted by Gasteiger charge is 2.17. The van der Waals surface area contributed by atoms with Crippen LogP contribution >= 0.6 is 11.6 Å². The molecule has 0 spiro atoms. The molecule has 8 nitrogen and oxygen atoms in total. The molecule has 0 saturated carbocycles. The number of halogens is 1. The molecule has 0 radical (unpaired) electrons. The van der Waals surface area contributed by atoms with E-state index in [2.05, 4.69) is 9.93 Å². The molecular formula is C21H18ClN3O5S. The van der Waals surface area contributed by atoms with Crippen LogP contribution in [-0.4, -0.2) is 19.6 Å². The summed E-state index contributed by atoms with van der Waals surface area (Å²) >= 11 is 6.10. The number of aryl methyl sites for hydroxylation is 1. The summed E-state index contributed by atoms with van der Waals surface area (Å²) in [5.41, 5.74) is 1.60. The van der Waals surface area contributed by atoms with E-state index < -0.39 is 14.9 Å². The second-order valence-corrected chi connectivity index (χ2v) is 8.58. The summed E-state index contributed by atoms with van der Waals surface area (Å²) in [5, 5.41) is 15.2. The molecule has 31 heavy (non-hydrogen) atoms. The van der Waals surface area contributed by atoms with Crippen molar-refractivity contribution >= 4 is 33.5 Å². The molecule has 10 heteroatoms. The van der Waals surface area contributed by atoms with Crippen LogP contribution in [0.15, 0.2) is 76.7 Å². The molecule has 0 aliphatic carbocycles. The number of ether oxygens (including phenoxy) is 1. The minimum atomic E-state index is -3.95. The van der Waals surface area contributed by atoms with Crippen molar-refractivity contribution in [3.8, 4) is 5.75 Å². The Kier molecular flexibility index (Phi) is 6.88. The predicted molar refractivity (Wildman–Crippen MR) is 118 cm³/mol. The van der Waals surface area contributed by atoms with Gasteiger partial charge >= 0.3 is 0 Å². The molecule has 3 aromatic carbocycles. The zero-order valence-corrected chi connectivity index (χ0v) is 17.9. The molecule has 0 bridgehead atoms. The number of nitrogens with one attached hydrogen (secondary N) is 1. The molecule has 0 atom stereocenters. The highest BCUT2D eigenvalue weighted by molar-refractivity contribution is 7.89. The first-order valence-corrected chi connectivity index (χ1v) is 10.9. The van der Waals surface area contributed by atoms with Gasteiger partial charge in [0, 0.05) is 22.2 Å². The minimum absolute atomic E-state index is 0.115. The standard InChI is InChI=1S/C21H18ClN3O5S/c1-15-12-19(10-11-21(15)25(26)27)31(28,29)24-23-13-16-6-8-18(9-7-16)30-14-17-4-2-3-5-20(17)22/h2-13,24H,14H2,1H3/b23-13-. The van der Waals surface area contributed by atoms with E-state index >= 15 is 0 Å². The number of hydrogen-bond donors (Lipinski definition) is 1. The Morgan fingerprint density at radius 2 is 1.84 bits per heavy atom. The van der Waals surface area contributed by atoms with Crippen molar-refractivity contribution in [2.75, 3.05) is 0 Å². The lowest BCUT2D eigenvalue weighted by Crippen LogP contribution is -2.18. The first-order chi connectivity index (χ1) is 14.8. The molecule has 1 N–H and O–H groups in total. The van der Waals surface area contributed by atoms with Gasteiger partial charge in [-0.1, -0.05) is 29.8 Å². The summed E-state index contributed by atoms with van der Waals surface area (Å²) in [6, 6.07) is 17.8. The van der Waals surface area contributed by atoms with Crippen LogP contribution in [0.4, 0.5) is 5.69 Å². The zero-order valence-electron chi connectivity index (χ0n) is 16.4. The SMILES string of the molecule is Cc1cc(S(=O)(=O)N/N=C\c2ccc(OCc3ccccc3Cl)cc2)ccc1[N+](=O)[O-]. The fourth-order valence-corrected chi connectivity index (χ4v) is 3.72. The largest absolute Gasteiger partial charge is 0.489 e. The van der Waals surface area contributed by atoms with E-state index in [-0.39, 0.29) is 16.1 Å². The van der Waals surface area contributed by atoms with Gasteiger partial charge in [0.25, 0.3) is 15.7 Å². The predicted octanol–water partition coefficient (Wildman–Crippen LogP) is 4.45. The van der Waals surface area contributed by atoms with Crippen LogP contribution in [0.2, 0.25) is 5.02 Å². The average Bonchev–Trinajstić information content (AvgIpc) is 2.73. The van der Waals surface area contributed by atoms with Crippen LogP contribution in [0.25, 0.3) is 0 Å². The Morgan fingerprint density at radius 3 is 2.48 bits per heavy atom. The number of hydrazone groups is 1. The van der Waals surface area contributed by atoms with Gasteiger partial charge in [0.05, 0.1) is 16.0 Å². The molecule has 0 aliphatic rings. The van der Waals surface area contributed by atoms with Crippen molar-refractivity contribution in [2.45, 2.75) is 18.4 Å². The summed E-state index contributed by atoms with van der Waals surface area (Å²) in [6.07, 6.45) is 1.34. The summed E-state index contributed by atoms with van der Waals surface area (Å²) in [4.78, 5) is 12.3. The maximum Gasteiger partial charge on any atom is 0.276 e. The maximum absolute atomic E-state index is 12.3. The molecule has 160 valence electrons. The molecular weight excluding hydrogens is 442 g/mol. The highest BCUT2D eigenvalue weighted by atomic mass is 35.5. The van der Waals surface area contributed by atoms with Crippen molar-refractivity contribution in [1.82, 2.24) is 4.83 Å². The van der Waals surface area contributed by atoms with Crippen LogP contribution in [0.3, 0.4) is 0 Å². The molecule has 0 heterocycles. The van der Waals surface area contributed by atoms with Gasteiger partial charge in [-0.25, -0.2) is 4.83 Å². The molecule has 0 saturated heterocycles. The van der Waals surface area contributed by atoms with Gasteiger partial charge < -0.3 is 4.74 Å². The molecule has 0 amide bonds. The second kappa shape index (κ2) is 9.59. The molecule has 0 unspecified atom stereocenters. The lowest BCUT2D eigenvalue weighted by atomic mass is 10.2. The number of nitrogens with zero attached hydrogens (tertiary/aromatic N) is 2. The summed E-state index contributed by atoms with van der Waals surface area (Å²) in [5.74, 6) is 0.624. The molecule has 3 aromatic rings. The van der Waals surface area contributed by atoms with E-state index in [0.717, 1.165) is 17.7 Å². The van der Waals surface area contributed by atoms with Gasteiger partial charge in [0.2, 0.25) is 0 Å². The zero-order chi connectivity index (χ0) is 22.4. The Labute approximate surface area is 184 Å². The van der Waals surface area contributed by atoms with Gasteiger partial charge in [0.15, 0.2) is 0 Å². The topological polar surface area (TPSA) is 111 Å². The van der Waals surface area contributed by atoms with E-state index in [4.69, 9.17) is 16.3 Å². The molecule has 3 rings (SSSR count). The Balaban J connectivity index is 1.61.